The van der Waals surface area contributed by atoms with Crippen molar-refractivity contribution in [3.05, 3.63) is 55.7 Å². The molecule has 0 aliphatic carbocycles. The third-order valence-corrected chi connectivity index (χ3v) is 5.23. The van der Waals surface area contributed by atoms with Crippen LogP contribution >= 0.6 is 27.3 Å². The maximum absolute atomic E-state index is 3.65. The summed E-state index contributed by atoms with van der Waals surface area (Å²) in [5, 5.41) is 7.97. The lowest BCUT2D eigenvalue weighted by Gasteiger charge is -2.18. The van der Waals surface area contributed by atoms with Gasteiger partial charge >= 0.3 is 0 Å². The first-order valence-corrected chi connectivity index (χ1v) is 8.36. The molecule has 0 saturated carbocycles. The summed E-state index contributed by atoms with van der Waals surface area (Å²) < 4.78 is 1.22. The summed E-state index contributed by atoms with van der Waals surface area (Å²) in [6.45, 7) is 7.49. The zero-order valence-electron chi connectivity index (χ0n) is 11.7. The zero-order valence-corrected chi connectivity index (χ0v) is 14.1. The van der Waals surface area contributed by atoms with Gasteiger partial charge in [-0.3, -0.25) is 0 Å². The Kier molecular flexibility index (Phi) is 5.20. The maximum Gasteiger partial charge on any atom is 0.0380 e. The monoisotopic (exact) mass is 337 g/mol. The molecule has 102 valence electrons. The quantitative estimate of drug-likeness (QED) is 0.807. The second-order valence-corrected chi connectivity index (χ2v) is 6.51. The van der Waals surface area contributed by atoms with E-state index in [1.807, 2.05) is 0 Å². The molecule has 3 heteroatoms. The Bertz CT molecular complexity index is 547. The average molecular weight is 338 g/mol. The van der Waals surface area contributed by atoms with E-state index in [9.17, 15) is 0 Å². The van der Waals surface area contributed by atoms with Crippen LogP contribution in [0.25, 0.3) is 0 Å². The summed E-state index contributed by atoms with van der Waals surface area (Å²) in [7, 11) is 0. The van der Waals surface area contributed by atoms with E-state index in [1.54, 1.807) is 11.3 Å². The van der Waals surface area contributed by atoms with E-state index < -0.39 is 0 Å². The number of benzene rings is 1. The molecule has 1 aromatic carbocycles. The van der Waals surface area contributed by atoms with Gasteiger partial charge in [-0.1, -0.05) is 25.1 Å². The molecule has 0 spiro atoms. The van der Waals surface area contributed by atoms with Gasteiger partial charge in [0.25, 0.3) is 0 Å². The Morgan fingerprint density at radius 3 is 2.58 bits per heavy atom. The highest BCUT2D eigenvalue weighted by atomic mass is 79.9. The fraction of sp³-hybridized carbons (Fsp3) is 0.375. The van der Waals surface area contributed by atoms with Crippen LogP contribution in [0.3, 0.4) is 0 Å². The van der Waals surface area contributed by atoms with Gasteiger partial charge < -0.3 is 5.32 Å². The van der Waals surface area contributed by atoms with Gasteiger partial charge in [-0.15, -0.1) is 0 Å². The largest absolute Gasteiger partial charge is 0.310 e. The molecule has 19 heavy (non-hydrogen) atoms. The van der Waals surface area contributed by atoms with E-state index in [0.717, 1.165) is 13.0 Å². The first-order chi connectivity index (χ1) is 9.11. The average Bonchev–Trinajstić information content (AvgIpc) is 2.79. The molecular formula is C16H20BrNS. The van der Waals surface area contributed by atoms with Crippen molar-refractivity contribution in [1.29, 1.82) is 0 Å². The predicted molar refractivity (Wildman–Crippen MR) is 88.1 cm³/mol. The van der Waals surface area contributed by atoms with Crippen molar-refractivity contribution in [3.63, 3.8) is 0 Å². The van der Waals surface area contributed by atoms with Crippen molar-refractivity contribution in [2.45, 2.75) is 33.2 Å². The van der Waals surface area contributed by atoms with Crippen LogP contribution in [-0.4, -0.2) is 6.54 Å². The third-order valence-electron chi connectivity index (χ3n) is 3.48. The molecule has 0 saturated heterocycles. The van der Waals surface area contributed by atoms with Crippen LogP contribution < -0.4 is 5.32 Å². The van der Waals surface area contributed by atoms with Crippen LogP contribution in [0.1, 0.15) is 35.2 Å². The minimum atomic E-state index is 0.382. The number of hydrogen-bond donors (Lipinski definition) is 1. The Balaban J connectivity index is 2.21. The summed E-state index contributed by atoms with van der Waals surface area (Å²) in [5.41, 5.74) is 5.50. The number of thiophene rings is 1. The molecule has 1 nitrogen and oxygen atoms in total. The van der Waals surface area contributed by atoms with Crippen molar-refractivity contribution < 1.29 is 0 Å². The van der Waals surface area contributed by atoms with Crippen molar-refractivity contribution in [2.75, 3.05) is 6.54 Å². The molecule has 1 aromatic heterocycles. The van der Waals surface area contributed by atoms with Crippen LogP contribution in [0.2, 0.25) is 0 Å². The highest BCUT2D eigenvalue weighted by molar-refractivity contribution is 9.10. The second kappa shape index (κ2) is 6.69. The molecule has 1 atom stereocenters. The Morgan fingerprint density at radius 1 is 1.21 bits per heavy atom. The van der Waals surface area contributed by atoms with Crippen LogP contribution in [-0.2, 0) is 6.42 Å². The molecule has 2 aromatic rings. The third kappa shape index (κ3) is 3.68. The lowest BCUT2D eigenvalue weighted by atomic mass is 9.98. The summed E-state index contributed by atoms with van der Waals surface area (Å²) in [5.74, 6) is 0. The molecule has 2 rings (SSSR count). The van der Waals surface area contributed by atoms with Gasteiger partial charge in [0.05, 0.1) is 0 Å². The van der Waals surface area contributed by atoms with Crippen molar-refractivity contribution in [2.24, 2.45) is 0 Å². The SMILES string of the molecule is CCNC(Cc1ccc(C)c(C)c1)c1cscc1Br. The van der Waals surface area contributed by atoms with Gasteiger partial charge in [0.1, 0.15) is 0 Å². The van der Waals surface area contributed by atoms with E-state index in [-0.39, 0.29) is 0 Å². The Morgan fingerprint density at radius 2 is 2.00 bits per heavy atom. The fourth-order valence-electron chi connectivity index (χ4n) is 2.24. The van der Waals surface area contributed by atoms with Crippen LogP contribution in [0.15, 0.2) is 33.4 Å². The normalized spacial score (nSPS) is 12.6. The summed E-state index contributed by atoms with van der Waals surface area (Å²) in [6.07, 6.45) is 1.03. The van der Waals surface area contributed by atoms with E-state index in [1.165, 1.54) is 26.7 Å². The van der Waals surface area contributed by atoms with Gasteiger partial charge in [-0.25, -0.2) is 0 Å². The first kappa shape index (κ1) is 14.8. The highest BCUT2D eigenvalue weighted by Gasteiger charge is 2.15. The summed E-state index contributed by atoms with van der Waals surface area (Å²) in [4.78, 5) is 0. The molecule has 1 N–H and O–H groups in total. The minimum Gasteiger partial charge on any atom is -0.310 e. The van der Waals surface area contributed by atoms with E-state index in [2.05, 4.69) is 71.0 Å². The number of halogens is 1. The first-order valence-electron chi connectivity index (χ1n) is 6.63. The van der Waals surface area contributed by atoms with Crippen LogP contribution in [0.5, 0.6) is 0 Å². The standard InChI is InChI=1S/C16H20BrNS/c1-4-18-16(14-9-19-10-15(14)17)8-13-6-5-11(2)12(3)7-13/h5-7,9-10,16,18H,4,8H2,1-3H3. The van der Waals surface area contributed by atoms with Gasteiger partial charge in [-0.2, -0.15) is 11.3 Å². The number of rotatable bonds is 5. The van der Waals surface area contributed by atoms with Crippen LogP contribution in [0.4, 0.5) is 0 Å². The summed E-state index contributed by atoms with van der Waals surface area (Å²) >= 11 is 5.40. The maximum atomic E-state index is 3.65. The lowest BCUT2D eigenvalue weighted by Crippen LogP contribution is -2.22. The summed E-state index contributed by atoms with van der Waals surface area (Å²) in [6, 6.07) is 7.15. The Hall–Kier alpha value is -0.640. The van der Waals surface area contributed by atoms with Crippen molar-refractivity contribution >= 4 is 27.3 Å². The van der Waals surface area contributed by atoms with Crippen LogP contribution in [0, 0.1) is 13.8 Å². The molecule has 1 heterocycles. The molecule has 0 fully saturated rings. The molecule has 0 aliphatic rings. The fourth-order valence-corrected chi connectivity index (χ4v) is 3.87. The van der Waals surface area contributed by atoms with Gasteiger partial charge in [-0.05, 0) is 70.4 Å². The van der Waals surface area contributed by atoms with Crippen molar-refractivity contribution in [3.8, 4) is 0 Å². The number of nitrogens with one attached hydrogen (secondary N) is 1. The molecule has 0 aliphatic heterocycles. The van der Waals surface area contributed by atoms with E-state index in [0.29, 0.717) is 6.04 Å². The van der Waals surface area contributed by atoms with E-state index in [4.69, 9.17) is 0 Å². The molecular weight excluding hydrogens is 318 g/mol. The van der Waals surface area contributed by atoms with Gasteiger partial charge in [0.15, 0.2) is 0 Å². The molecule has 1 unspecified atom stereocenters. The zero-order chi connectivity index (χ0) is 13.8. The second-order valence-electron chi connectivity index (χ2n) is 4.91. The Labute approximate surface area is 128 Å². The lowest BCUT2D eigenvalue weighted by molar-refractivity contribution is 0.549. The van der Waals surface area contributed by atoms with E-state index >= 15 is 0 Å². The number of hydrogen-bond acceptors (Lipinski definition) is 2. The number of aryl methyl sites for hydroxylation is 2. The molecule has 0 bridgehead atoms. The number of likely N-dealkylation sites (N-methyl/N-ethyl adjacent to an activating group) is 1. The smallest absolute Gasteiger partial charge is 0.0380 e. The highest BCUT2D eigenvalue weighted by Crippen LogP contribution is 2.29. The van der Waals surface area contributed by atoms with Gasteiger partial charge in [0.2, 0.25) is 0 Å². The molecule has 0 radical (unpaired) electrons. The van der Waals surface area contributed by atoms with Crippen molar-refractivity contribution in [1.82, 2.24) is 5.32 Å². The minimum absolute atomic E-state index is 0.382. The predicted octanol–water partition coefficient (Wildman–Crippen LogP) is 5.02. The van der Waals surface area contributed by atoms with Gasteiger partial charge in [0, 0.05) is 15.9 Å². The topological polar surface area (TPSA) is 12.0 Å². The molecule has 0 amide bonds.